The molecule has 0 bridgehead atoms. The third-order valence-corrected chi connectivity index (χ3v) is 8.05. The Morgan fingerprint density at radius 2 is 1.84 bits per heavy atom. The maximum atomic E-state index is 11.0. The van der Waals surface area contributed by atoms with Gasteiger partial charge in [0, 0.05) is 32.0 Å². The number of alkyl halides is 1. The Balaban J connectivity index is 1.53. The number of fused-ring (bicyclic) bond motifs is 1. The van der Waals surface area contributed by atoms with Crippen LogP contribution in [0.15, 0.2) is 0 Å². The topological polar surface area (TPSA) is 26.7 Å². The van der Waals surface area contributed by atoms with Crippen LogP contribution in [0.3, 0.4) is 0 Å². The summed E-state index contributed by atoms with van der Waals surface area (Å²) in [6, 6.07) is 0. The summed E-state index contributed by atoms with van der Waals surface area (Å²) in [5.41, 5.74) is 0. The van der Waals surface area contributed by atoms with Gasteiger partial charge in [0.1, 0.15) is 11.6 Å². The minimum atomic E-state index is -0.428. The molecule has 5 atom stereocenters. The van der Waals surface area contributed by atoms with E-state index in [2.05, 4.69) is 23.8 Å². The van der Waals surface area contributed by atoms with Gasteiger partial charge in [-0.2, -0.15) is 0 Å². The predicted molar refractivity (Wildman–Crippen MR) is 101 cm³/mol. The van der Waals surface area contributed by atoms with Crippen LogP contribution >= 0.6 is 0 Å². The highest BCUT2D eigenvalue weighted by molar-refractivity contribution is 4.88. The first kappa shape index (κ1) is 19.9. The number of hydrogen-bond acceptors (Lipinski definition) is 3. The van der Waals surface area contributed by atoms with Crippen molar-refractivity contribution < 1.29 is 16.7 Å². The summed E-state index contributed by atoms with van der Waals surface area (Å²) >= 11 is 5.74. The number of aliphatic hydroxyl groups excluding tert-OH is 1. The van der Waals surface area contributed by atoms with Crippen molar-refractivity contribution in [3.05, 3.63) is 0 Å². The maximum Gasteiger partial charge on any atom is 0.183 e. The molecule has 25 heavy (non-hydrogen) atoms. The van der Waals surface area contributed by atoms with Crippen molar-refractivity contribution in [1.82, 2.24) is 9.80 Å². The lowest BCUT2D eigenvalue weighted by atomic mass is 9.75. The molecule has 4 heteroatoms. The molecule has 0 aromatic rings. The maximum absolute atomic E-state index is 11.0. The van der Waals surface area contributed by atoms with Crippen molar-refractivity contribution in [2.24, 2.45) is 23.7 Å². The summed E-state index contributed by atoms with van der Waals surface area (Å²) < 4.78 is 0. The molecule has 146 valence electrons. The number of hydrogen-bond donors (Lipinski definition) is 1. The molecule has 0 aromatic heterocycles. The Morgan fingerprint density at radius 3 is 2.56 bits per heavy atom. The number of piperidine rings is 1. The zero-order valence-corrected chi connectivity index (χ0v) is 17.2. The molecule has 2 saturated carbocycles. The SMILES string of the molecule is CCC(CN(C)C(O)N1CCC2CCCC([ClH+])C2C1)C1CCCCC1. The highest BCUT2D eigenvalue weighted by atomic mass is 35.5. The van der Waals surface area contributed by atoms with Crippen LogP contribution < -0.4 is 0 Å². The van der Waals surface area contributed by atoms with Crippen molar-refractivity contribution in [2.45, 2.75) is 82.9 Å². The summed E-state index contributed by atoms with van der Waals surface area (Å²) in [7, 11) is 2.12. The van der Waals surface area contributed by atoms with E-state index >= 15 is 0 Å². The zero-order chi connectivity index (χ0) is 17.8. The summed E-state index contributed by atoms with van der Waals surface area (Å²) in [6.07, 6.45) is 12.9. The number of nitrogens with zero attached hydrogens (tertiary/aromatic N) is 2. The number of rotatable bonds is 6. The van der Waals surface area contributed by atoms with Crippen LogP contribution in [0.25, 0.3) is 0 Å². The smallest absolute Gasteiger partial charge is 0.183 e. The molecule has 0 radical (unpaired) electrons. The lowest BCUT2D eigenvalue weighted by molar-refractivity contribution is -0.444. The van der Waals surface area contributed by atoms with Crippen LogP contribution in [0.4, 0.5) is 0 Å². The molecule has 0 amide bonds. The van der Waals surface area contributed by atoms with Crippen LogP contribution in [-0.2, 0) is 0 Å². The minimum absolute atomic E-state index is 0.421. The summed E-state index contributed by atoms with van der Waals surface area (Å²) in [6.45, 7) is 5.40. The average molecular weight is 372 g/mol. The van der Waals surface area contributed by atoms with Gasteiger partial charge in [-0.3, -0.25) is 9.80 Å². The molecule has 0 aromatic carbocycles. The molecule has 1 heterocycles. The zero-order valence-electron chi connectivity index (χ0n) is 16.4. The van der Waals surface area contributed by atoms with Crippen LogP contribution in [0.2, 0.25) is 0 Å². The van der Waals surface area contributed by atoms with Gasteiger partial charge in [0.05, 0.1) is 0 Å². The Morgan fingerprint density at radius 1 is 1.08 bits per heavy atom. The Labute approximate surface area is 160 Å². The van der Waals surface area contributed by atoms with Crippen LogP contribution in [0.5, 0.6) is 0 Å². The molecule has 2 aliphatic carbocycles. The molecule has 3 aliphatic rings. The first-order valence-electron chi connectivity index (χ1n) is 10.9. The molecule has 1 N–H and O–H groups in total. The molecular weight excluding hydrogens is 332 g/mol. The number of aliphatic hydroxyl groups is 1. The fraction of sp³-hybridized carbons (Fsp3) is 1.00. The standard InChI is InChI=1S/C21H40ClN2O/c1-3-16(17-8-5-4-6-9-17)14-23(2)21(25)24-13-12-18-10-7-11-20(22)19(18)15-24/h16-22,25H,3-15H2,1-2H3/q+1. The molecule has 1 aliphatic heterocycles. The first-order chi connectivity index (χ1) is 12.1. The van der Waals surface area contributed by atoms with E-state index in [9.17, 15) is 5.11 Å². The molecule has 3 nitrogen and oxygen atoms in total. The van der Waals surface area contributed by atoms with Crippen LogP contribution in [0, 0.1) is 35.3 Å². The quantitative estimate of drug-likeness (QED) is 0.571. The van der Waals surface area contributed by atoms with Gasteiger partial charge in [-0.05, 0) is 44.1 Å². The van der Waals surface area contributed by atoms with E-state index in [1.165, 1.54) is 64.2 Å². The predicted octanol–water partition coefficient (Wildman–Crippen LogP) is 3.57. The highest BCUT2D eigenvalue weighted by Crippen LogP contribution is 2.38. The monoisotopic (exact) mass is 371 g/mol. The summed E-state index contributed by atoms with van der Waals surface area (Å²) in [5, 5.41) is 11.4. The second-order valence-corrected chi connectivity index (χ2v) is 9.63. The van der Waals surface area contributed by atoms with E-state index in [1.807, 2.05) is 0 Å². The van der Waals surface area contributed by atoms with E-state index in [0.29, 0.717) is 11.3 Å². The van der Waals surface area contributed by atoms with Gasteiger partial charge >= 0.3 is 0 Å². The molecule has 3 rings (SSSR count). The summed E-state index contributed by atoms with van der Waals surface area (Å²) in [4.78, 5) is 4.52. The second kappa shape index (κ2) is 9.39. The van der Waals surface area contributed by atoms with E-state index in [4.69, 9.17) is 11.6 Å². The second-order valence-electron chi connectivity index (χ2n) is 9.03. The fourth-order valence-electron chi connectivity index (χ4n) is 5.80. The van der Waals surface area contributed by atoms with Gasteiger partial charge in [0.15, 0.2) is 11.7 Å². The summed E-state index contributed by atoms with van der Waals surface area (Å²) in [5.74, 6) is 3.05. The van der Waals surface area contributed by atoms with Crippen molar-refractivity contribution in [2.75, 3.05) is 26.7 Å². The third-order valence-electron chi connectivity index (χ3n) is 7.46. The fourth-order valence-corrected chi connectivity index (χ4v) is 6.28. The Bertz CT molecular complexity index is 401. The van der Waals surface area contributed by atoms with Gasteiger partial charge in [-0.25, -0.2) is 0 Å². The lowest BCUT2D eigenvalue weighted by Crippen LogP contribution is -2.55. The van der Waals surface area contributed by atoms with Crippen molar-refractivity contribution in [3.8, 4) is 0 Å². The Kier molecular flexibility index (Phi) is 7.48. The van der Waals surface area contributed by atoms with E-state index < -0.39 is 6.35 Å². The number of halogens is 1. The minimum Gasteiger partial charge on any atom is -0.365 e. The van der Waals surface area contributed by atoms with Crippen molar-refractivity contribution >= 4 is 0 Å². The molecule has 0 spiro atoms. The Hall–Kier alpha value is 0.170. The third kappa shape index (κ3) is 4.91. The van der Waals surface area contributed by atoms with Gasteiger partial charge in [-0.1, -0.05) is 45.4 Å². The molecular formula is C21H40ClN2O+. The normalized spacial score (nSPS) is 34.7. The van der Waals surface area contributed by atoms with Crippen molar-refractivity contribution in [1.29, 1.82) is 0 Å². The van der Waals surface area contributed by atoms with E-state index in [1.54, 1.807) is 0 Å². The van der Waals surface area contributed by atoms with Crippen LogP contribution in [0.1, 0.15) is 71.1 Å². The van der Waals surface area contributed by atoms with Crippen molar-refractivity contribution in [3.63, 3.8) is 0 Å². The van der Waals surface area contributed by atoms with E-state index in [-0.39, 0.29) is 0 Å². The van der Waals surface area contributed by atoms with Gasteiger partial charge in [0.2, 0.25) is 0 Å². The van der Waals surface area contributed by atoms with E-state index in [0.717, 1.165) is 37.4 Å². The number of likely N-dealkylation sites (tertiary alicyclic amines) is 1. The molecule has 3 fully saturated rings. The lowest BCUT2D eigenvalue weighted by Gasteiger charge is -2.45. The van der Waals surface area contributed by atoms with Gasteiger partial charge in [-0.15, -0.1) is 0 Å². The molecule has 1 saturated heterocycles. The highest BCUT2D eigenvalue weighted by Gasteiger charge is 2.42. The largest absolute Gasteiger partial charge is 0.365 e. The first-order valence-corrected chi connectivity index (χ1v) is 11.4. The van der Waals surface area contributed by atoms with Gasteiger partial charge in [0.25, 0.3) is 0 Å². The van der Waals surface area contributed by atoms with Gasteiger partial charge < -0.3 is 5.11 Å². The van der Waals surface area contributed by atoms with Crippen LogP contribution in [-0.4, -0.2) is 53.3 Å². The molecule has 5 unspecified atom stereocenters. The average Bonchev–Trinajstić information content (AvgIpc) is 2.66.